The Labute approximate surface area is 129 Å². The molecule has 1 unspecified atom stereocenters. The van der Waals surface area contributed by atoms with Crippen molar-refractivity contribution in [2.45, 2.75) is 64.3 Å². The highest BCUT2D eigenvalue weighted by Gasteiger charge is 2.10. The van der Waals surface area contributed by atoms with Gasteiger partial charge in [0.1, 0.15) is 0 Å². The van der Waals surface area contributed by atoms with E-state index in [1.807, 2.05) is 23.1 Å². The van der Waals surface area contributed by atoms with E-state index >= 15 is 0 Å². The van der Waals surface area contributed by atoms with Gasteiger partial charge in [0.25, 0.3) is 0 Å². The minimum Gasteiger partial charge on any atom is -0.273 e. The van der Waals surface area contributed by atoms with Crippen molar-refractivity contribution in [1.29, 1.82) is 0 Å². The summed E-state index contributed by atoms with van der Waals surface area (Å²) < 4.78 is 2.03. The zero-order valence-electron chi connectivity index (χ0n) is 13.2. The maximum atomic E-state index is 4.25. The highest BCUT2D eigenvalue weighted by molar-refractivity contribution is 5.19. The number of benzene rings is 1. The Morgan fingerprint density at radius 1 is 0.952 bits per heavy atom. The van der Waals surface area contributed by atoms with Gasteiger partial charge in [-0.3, -0.25) is 4.68 Å². The highest BCUT2D eigenvalue weighted by atomic mass is 15.3. The summed E-state index contributed by atoms with van der Waals surface area (Å²) in [5.41, 5.74) is 1.53. The van der Waals surface area contributed by atoms with Crippen molar-refractivity contribution in [3.05, 3.63) is 54.4 Å². The van der Waals surface area contributed by atoms with Gasteiger partial charge in [0.15, 0.2) is 0 Å². The third-order valence-electron chi connectivity index (χ3n) is 4.18. The summed E-state index contributed by atoms with van der Waals surface area (Å²) in [4.78, 5) is 0. The Bertz CT molecular complexity index is 462. The van der Waals surface area contributed by atoms with Crippen LogP contribution >= 0.6 is 0 Å². The van der Waals surface area contributed by atoms with E-state index in [-0.39, 0.29) is 0 Å². The van der Waals surface area contributed by atoms with Crippen LogP contribution in [0.15, 0.2) is 48.8 Å². The molecule has 0 saturated heterocycles. The minimum absolute atomic E-state index is 0.746. The molecule has 1 aromatic heterocycles. The molecule has 1 atom stereocenters. The first-order chi connectivity index (χ1) is 10.4. The molecule has 1 aromatic carbocycles. The number of nitrogens with zero attached hydrogens (tertiary/aromatic N) is 2. The van der Waals surface area contributed by atoms with Crippen LogP contribution in [0.5, 0.6) is 0 Å². The van der Waals surface area contributed by atoms with Crippen LogP contribution in [0, 0.1) is 0 Å². The Kier molecular flexibility index (Phi) is 7.06. The van der Waals surface area contributed by atoms with Crippen molar-refractivity contribution < 1.29 is 0 Å². The summed E-state index contributed by atoms with van der Waals surface area (Å²) in [6, 6.07) is 13.0. The lowest BCUT2D eigenvalue weighted by Gasteiger charge is -2.17. The van der Waals surface area contributed by atoms with Gasteiger partial charge in [-0.05, 0) is 36.8 Å². The van der Waals surface area contributed by atoms with Crippen molar-refractivity contribution in [3.63, 3.8) is 0 Å². The number of unbranched alkanes of at least 4 members (excludes halogenated alkanes) is 3. The van der Waals surface area contributed by atoms with E-state index in [1.165, 1.54) is 50.5 Å². The molecule has 2 nitrogen and oxygen atoms in total. The molecule has 114 valence electrons. The van der Waals surface area contributed by atoms with Crippen molar-refractivity contribution >= 4 is 0 Å². The maximum Gasteiger partial charge on any atom is 0.0489 e. The second-order valence-electron chi connectivity index (χ2n) is 5.87. The molecule has 0 fully saturated rings. The molecule has 0 aliphatic rings. The molecule has 2 heteroatoms. The molecule has 1 heterocycles. The Balaban J connectivity index is 1.71. The highest BCUT2D eigenvalue weighted by Crippen LogP contribution is 2.27. The molecule has 0 spiro atoms. The number of rotatable bonds is 10. The van der Waals surface area contributed by atoms with Gasteiger partial charge in [0.05, 0.1) is 0 Å². The second kappa shape index (κ2) is 9.38. The topological polar surface area (TPSA) is 17.8 Å². The van der Waals surface area contributed by atoms with Crippen LogP contribution in [-0.4, -0.2) is 9.78 Å². The number of hydrogen-bond acceptors (Lipinski definition) is 1. The molecular formula is C19H28N2. The molecule has 0 bridgehead atoms. The van der Waals surface area contributed by atoms with Gasteiger partial charge in [-0.15, -0.1) is 0 Å². The predicted octanol–water partition coefficient (Wildman–Crippen LogP) is 5.42. The predicted molar refractivity (Wildman–Crippen MR) is 89.4 cm³/mol. The van der Waals surface area contributed by atoms with E-state index in [0.717, 1.165) is 12.5 Å². The second-order valence-corrected chi connectivity index (χ2v) is 5.87. The van der Waals surface area contributed by atoms with Crippen LogP contribution in [0.4, 0.5) is 0 Å². The Hall–Kier alpha value is -1.57. The van der Waals surface area contributed by atoms with Crippen molar-refractivity contribution in [3.8, 4) is 0 Å². The van der Waals surface area contributed by atoms with Gasteiger partial charge in [-0.25, -0.2) is 0 Å². The zero-order valence-corrected chi connectivity index (χ0v) is 13.2. The average Bonchev–Trinajstić information content (AvgIpc) is 3.04. The van der Waals surface area contributed by atoms with E-state index in [1.54, 1.807) is 0 Å². The van der Waals surface area contributed by atoms with Crippen LogP contribution in [0.1, 0.15) is 63.4 Å². The third kappa shape index (κ3) is 5.74. The largest absolute Gasteiger partial charge is 0.273 e. The molecule has 2 rings (SSSR count). The smallest absolute Gasteiger partial charge is 0.0489 e. The fourth-order valence-electron chi connectivity index (χ4n) is 2.93. The van der Waals surface area contributed by atoms with Crippen LogP contribution in [-0.2, 0) is 6.54 Å². The molecule has 0 aliphatic heterocycles. The van der Waals surface area contributed by atoms with Gasteiger partial charge in [0, 0.05) is 18.9 Å². The summed E-state index contributed by atoms with van der Waals surface area (Å²) in [6.07, 6.45) is 13.1. The van der Waals surface area contributed by atoms with E-state index < -0.39 is 0 Å². The maximum absolute atomic E-state index is 4.25. The van der Waals surface area contributed by atoms with Gasteiger partial charge in [-0.1, -0.05) is 62.9 Å². The van der Waals surface area contributed by atoms with Crippen LogP contribution in [0.2, 0.25) is 0 Å². The van der Waals surface area contributed by atoms with Gasteiger partial charge in [-0.2, -0.15) is 5.10 Å². The SMILES string of the molecule is CCCCC(CCCCCn1cccn1)c1ccccc1. The Morgan fingerprint density at radius 3 is 2.48 bits per heavy atom. The molecule has 0 radical (unpaired) electrons. The standard InChI is InChI=1S/C19H28N2/c1-2-3-11-18(19-12-6-4-7-13-19)14-8-5-9-16-21-17-10-15-20-21/h4,6-7,10,12-13,15,17-18H,2-3,5,8-9,11,14,16H2,1H3. The lowest BCUT2D eigenvalue weighted by molar-refractivity contribution is 0.487. The quantitative estimate of drug-likeness (QED) is 0.533. The van der Waals surface area contributed by atoms with Gasteiger partial charge >= 0.3 is 0 Å². The summed E-state index contributed by atoms with van der Waals surface area (Å²) in [7, 11) is 0. The van der Waals surface area contributed by atoms with Gasteiger partial charge in [0.2, 0.25) is 0 Å². The van der Waals surface area contributed by atoms with Crippen molar-refractivity contribution in [2.75, 3.05) is 0 Å². The fraction of sp³-hybridized carbons (Fsp3) is 0.526. The summed E-state index contributed by atoms with van der Waals surface area (Å²) in [6.45, 7) is 3.34. The van der Waals surface area contributed by atoms with Gasteiger partial charge < -0.3 is 0 Å². The summed E-state index contributed by atoms with van der Waals surface area (Å²) in [5, 5.41) is 4.25. The monoisotopic (exact) mass is 284 g/mol. The molecule has 0 aliphatic carbocycles. The molecule has 2 aromatic rings. The molecule has 0 N–H and O–H groups in total. The first-order valence-electron chi connectivity index (χ1n) is 8.42. The average molecular weight is 284 g/mol. The first kappa shape index (κ1) is 15.8. The van der Waals surface area contributed by atoms with Crippen LogP contribution < -0.4 is 0 Å². The van der Waals surface area contributed by atoms with Crippen LogP contribution in [0.3, 0.4) is 0 Å². The minimum atomic E-state index is 0.746. The number of aromatic nitrogens is 2. The molecular weight excluding hydrogens is 256 g/mol. The number of hydrogen-bond donors (Lipinski definition) is 0. The lowest BCUT2D eigenvalue weighted by Crippen LogP contribution is -2.01. The molecule has 21 heavy (non-hydrogen) atoms. The van der Waals surface area contributed by atoms with E-state index in [4.69, 9.17) is 0 Å². The molecule has 0 amide bonds. The fourth-order valence-corrected chi connectivity index (χ4v) is 2.93. The summed E-state index contributed by atoms with van der Waals surface area (Å²) >= 11 is 0. The molecule has 0 saturated carbocycles. The van der Waals surface area contributed by atoms with Crippen molar-refractivity contribution in [2.24, 2.45) is 0 Å². The normalized spacial score (nSPS) is 12.4. The van der Waals surface area contributed by atoms with Crippen LogP contribution in [0.25, 0.3) is 0 Å². The lowest BCUT2D eigenvalue weighted by atomic mass is 9.89. The van der Waals surface area contributed by atoms with E-state index in [9.17, 15) is 0 Å². The number of aryl methyl sites for hydroxylation is 1. The van der Waals surface area contributed by atoms with Crippen molar-refractivity contribution in [1.82, 2.24) is 9.78 Å². The summed E-state index contributed by atoms with van der Waals surface area (Å²) in [5.74, 6) is 0.746. The Morgan fingerprint density at radius 2 is 1.76 bits per heavy atom. The third-order valence-corrected chi connectivity index (χ3v) is 4.18. The van der Waals surface area contributed by atoms with E-state index in [2.05, 4.69) is 42.4 Å². The zero-order chi connectivity index (χ0) is 14.8. The first-order valence-corrected chi connectivity index (χ1v) is 8.42. The van der Waals surface area contributed by atoms with E-state index in [0.29, 0.717) is 0 Å².